The lowest BCUT2D eigenvalue weighted by Gasteiger charge is -2.08. The Balaban J connectivity index is 3.04. The molecule has 0 radical (unpaired) electrons. The van der Waals surface area contributed by atoms with Gasteiger partial charge in [-0.2, -0.15) is 21.6 Å². The van der Waals surface area contributed by atoms with Crippen LogP contribution in [0.2, 0.25) is 0 Å². The van der Waals surface area contributed by atoms with Crippen molar-refractivity contribution < 1.29 is 26.1 Å². The van der Waals surface area contributed by atoms with Gasteiger partial charge in [0.15, 0.2) is 0 Å². The molecule has 0 bridgehead atoms. The quantitative estimate of drug-likeness (QED) is 0.777. The minimum atomic E-state index is -4.56. The predicted octanol–water partition coefficient (Wildman–Crippen LogP) is 1.92. The van der Waals surface area contributed by atoms with Crippen molar-refractivity contribution >= 4 is 16.0 Å². The molecule has 0 unspecified atom stereocenters. The van der Waals surface area contributed by atoms with E-state index in [0.29, 0.717) is 6.07 Å². The highest BCUT2D eigenvalue weighted by Crippen LogP contribution is 2.30. The summed E-state index contributed by atoms with van der Waals surface area (Å²) in [5, 5.41) is 0. The van der Waals surface area contributed by atoms with Gasteiger partial charge in [-0.25, -0.2) is 0 Å². The Hall–Kier alpha value is -1.28. The van der Waals surface area contributed by atoms with Crippen molar-refractivity contribution in [1.82, 2.24) is 0 Å². The van der Waals surface area contributed by atoms with Crippen molar-refractivity contribution in [2.75, 3.05) is 4.72 Å². The molecule has 8 heteroatoms. The second-order valence-electron chi connectivity index (χ2n) is 2.66. The van der Waals surface area contributed by atoms with Crippen molar-refractivity contribution in [3.05, 3.63) is 29.8 Å². The standard InChI is InChI=1S/C7H6F3NO3S/c8-7(9,10)5-2-1-3-6(4-5)11-15(12,13)14/h1-4,11H,(H,12,13,14). The third kappa shape index (κ3) is 3.76. The van der Waals surface area contributed by atoms with Crippen molar-refractivity contribution in [3.8, 4) is 0 Å². The monoisotopic (exact) mass is 241 g/mol. The molecule has 0 amide bonds. The van der Waals surface area contributed by atoms with E-state index in [1.54, 1.807) is 0 Å². The zero-order chi connectivity index (χ0) is 11.7. The number of rotatable bonds is 2. The molecule has 1 rings (SSSR count). The van der Waals surface area contributed by atoms with Gasteiger partial charge >= 0.3 is 16.5 Å². The van der Waals surface area contributed by atoms with Crippen LogP contribution in [0, 0.1) is 0 Å². The third-order valence-corrected chi connectivity index (χ3v) is 1.93. The fraction of sp³-hybridized carbons (Fsp3) is 0.143. The van der Waals surface area contributed by atoms with Crippen LogP contribution in [0.4, 0.5) is 18.9 Å². The number of hydrogen-bond donors (Lipinski definition) is 2. The molecular weight excluding hydrogens is 235 g/mol. The van der Waals surface area contributed by atoms with Crippen LogP contribution in [0.25, 0.3) is 0 Å². The zero-order valence-electron chi connectivity index (χ0n) is 7.12. The molecule has 0 heterocycles. The molecule has 0 saturated carbocycles. The number of halogens is 3. The normalized spacial score (nSPS) is 12.5. The fourth-order valence-electron chi connectivity index (χ4n) is 0.908. The Kier molecular flexibility index (Phi) is 2.91. The molecule has 0 atom stereocenters. The summed E-state index contributed by atoms with van der Waals surface area (Å²) in [5.74, 6) is 0. The molecular formula is C7H6F3NO3S. The van der Waals surface area contributed by atoms with Gasteiger partial charge in [-0.1, -0.05) is 6.07 Å². The third-order valence-electron chi connectivity index (χ3n) is 1.44. The predicted molar refractivity (Wildman–Crippen MR) is 46.6 cm³/mol. The van der Waals surface area contributed by atoms with E-state index in [1.165, 1.54) is 4.72 Å². The van der Waals surface area contributed by atoms with Gasteiger partial charge in [0.2, 0.25) is 0 Å². The summed E-state index contributed by atoms with van der Waals surface area (Å²) in [6.07, 6.45) is -4.56. The molecule has 0 aromatic heterocycles. The number of anilines is 1. The van der Waals surface area contributed by atoms with Crippen LogP contribution in [-0.4, -0.2) is 13.0 Å². The number of hydrogen-bond acceptors (Lipinski definition) is 2. The highest BCUT2D eigenvalue weighted by atomic mass is 32.2. The summed E-state index contributed by atoms with van der Waals surface area (Å²) in [5.41, 5.74) is -1.36. The van der Waals surface area contributed by atoms with E-state index in [4.69, 9.17) is 4.55 Å². The van der Waals surface area contributed by atoms with Crippen LogP contribution >= 0.6 is 0 Å². The molecule has 1 aromatic rings. The Morgan fingerprint density at radius 2 is 1.87 bits per heavy atom. The second kappa shape index (κ2) is 3.70. The van der Waals surface area contributed by atoms with Crippen LogP contribution < -0.4 is 4.72 Å². The SMILES string of the molecule is O=S(=O)(O)Nc1cccc(C(F)(F)F)c1. The highest BCUT2D eigenvalue weighted by molar-refractivity contribution is 7.87. The van der Waals surface area contributed by atoms with E-state index in [-0.39, 0.29) is 5.69 Å². The van der Waals surface area contributed by atoms with Gasteiger partial charge in [0.05, 0.1) is 11.3 Å². The summed E-state index contributed by atoms with van der Waals surface area (Å²) in [6, 6.07) is 3.47. The molecule has 1 aromatic carbocycles. The molecule has 0 spiro atoms. The Bertz CT molecular complexity index is 455. The van der Waals surface area contributed by atoms with Gasteiger partial charge < -0.3 is 0 Å². The van der Waals surface area contributed by atoms with E-state index < -0.39 is 22.0 Å². The minimum absolute atomic E-state index is 0.354. The summed E-state index contributed by atoms with van der Waals surface area (Å²) in [7, 11) is -4.56. The first-order valence-corrected chi connectivity index (χ1v) is 5.05. The maximum atomic E-state index is 12.2. The average molecular weight is 241 g/mol. The van der Waals surface area contributed by atoms with Crippen molar-refractivity contribution in [1.29, 1.82) is 0 Å². The summed E-state index contributed by atoms with van der Waals surface area (Å²) < 4.78 is 67.0. The van der Waals surface area contributed by atoms with Gasteiger partial charge in [-0.15, -0.1) is 0 Å². The minimum Gasteiger partial charge on any atom is -0.269 e. The first-order valence-electron chi connectivity index (χ1n) is 3.61. The van der Waals surface area contributed by atoms with Crippen molar-refractivity contribution in [3.63, 3.8) is 0 Å². The Morgan fingerprint density at radius 1 is 1.27 bits per heavy atom. The van der Waals surface area contributed by atoms with Crippen LogP contribution in [-0.2, 0) is 16.5 Å². The summed E-state index contributed by atoms with van der Waals surface area (Å²) in [4.78, 5) is 0. The van der Waals surface area contributed by atoms with Crippen LogP contribution in [0.15, 0.2) is 24.3 Å². The van der Waals surface area contributed by atoms with Crippen molar-refractivity contribution in [2.45, 2.75) is 6.18 Å². The first kappa shape index (κ1) is 11.8. The molecule has 84 valence electrons. The van der Waals surface area contributed by atoms with Crippen LogP contribution in [0.5, 0.6) is 0 Å². The lowest BCUT2D eigenvalue weighted by atomic mass is 10.2. The smallest absolute Gasteiger partial charge is 0.269 e. The van der Waals surface area contributed by atoms with Gasteiger partial charge in [0.25, 0.3) is 0 Å². The lowest BCUT2D eigenvalue weighted by Crippen LogP contribution is -2.11. The maximum Gasteiger partial charge on any atom is 0.416 e. The fourth-order valence-corrected chi connectivity index (χ4v) is 1.33. The van der Waals surface area contributed by atoms with E-state index in [0.717, 1.165) is 18.2 Å². The molecule has 0 saturated heterocycles. The largest absolute Gasteiger partial charge is 0.416 e. The molecule has 0 aliphatic carbocycles. The van der Waals surface area contributed by atoms with Gasteiger partial charge in [-0.05, 0) is 18.2 Å². The second-order valence-corrected chi connectivity index (χ2v) is 3.81. The number of nitrogens with one attached hydrogen (secondary N) is 1. The molecule has 0 aliphatic rings. The van der Waals surface area contributed by atoms with E-state index in [9.17, 15) is 21.6 Å². The number of benzene rings is 1. The molecule has 0 fully saturated rings. The lowest BCUT2D eigenvalue weighted by molar-refractivity contribution is -0.137. The Morgan fingerprint density at radius 3 is 2.33 bits per heavy atom. The Labute approximate surface area is 83.6 Å². The summed E-state index contributed by atoms with van der Waals surface area (Å²) >= 11 is 0. The highest BCUT2D eigenvalue weighted by Gasteiger charge is 2.30. The average Bonchev–Trinajstić information content (AvgIpc) is 1.99. The van der Waals surface area contributed by atoms with E-state index in [2.05, 4.69) is 0 Å². The molecule has 4 nitrogen and oxygen atoms in total. The van der Waals surface area contributed by atoms with Gasteiger partial charge in [-0.3, -0.25) is 9.27 Å². The molecule has 2 N–H and O–H groups in total. The van der Waals surface area contributed by atoms with Gasteiger partial charge in [0, 0.05) is 0 Å². The first-order chi connectivity index (χ1) is 6.68. The van der Waals surface area contributed by atoms with E-state index >= 15 is 0 Å². The maximum absolute atomic E-state index is 12.2. The topological polar surface area (TPSA) is 66.4 Å². The van der Waals surface area contributed by atoms with Gasteiger partial charge in [0.1, 0.15) is 0 Å². The molecule has 15 heavy (non-hydrogen) atoms. The van der Waals surface area contributed by atoms with Crippen LogP contribution in [0.3, 0.4) is 0 Å². The zero-order valence-corrected chi connectivity index (χ0v) is 7.93. The number of alkyl halides is 3. The summed E-state index contributed by atoms with van der Waals surface area (Å²) in [6.45, 7) is 0. The van der Waals surface area contributed by atoms with Crippen LogP contribution in [0.1, 0.15) is 5.56 Å². The van der Waals surface area contributed by atoms with E-state index in [1.807, 2.05) is 0 Å². The molecule has 0 aliphatic heterocycles. The van der Waals surface area contributed by atoms with Crippen molar-refractivity contribution in [2.24, 2.45) is 0 Å².